The van der Waals surface area contributed by atoms with Crippen molar-refractivity contribution >= 4 is 17.3 Å². The molecule has 0 bridgehead atoms. The molecular formula is C18H25N5S. The van der Waals surface area contributed by atoms with Crippen LogP contribution in [0.3, 0.4) is 0 Å². The number of hydrogen-bond donors (Lipinski definition) is 1. The van der Waals surface area contributed by atoms with Gasteiger partial charge in [-0.25, -0.2) is 0 Å². The van der Waals surface area contributed by atoms with E-state index in [0.29, 0.717) is 0 Å². The van der Waals surface area contributed by atoms with Crippen LogP contribution in [0.4, 0.5) is 0 Å². The molecule has 0 radical (unpaired) electrons. The number of nitrogens with zero attached hydrogens (tertiary/aromatic N) is 4. The minimum absolute atomic E-state index is 0.0756. The average Bonchev–Trinajstić information content (AvgIpc) is 3.11. The second-order valence-corrected chi connectivity index (χ2v) is 6.91. The van der Waals surface area contributed by atoms with Crippen LogP contribution < -0.4 is 5.32 Å². The molecule has 6 heteroatoms. The fraction of sp³-hybridized carbons (Fsp3) is 0.444. The van der Waals surface area contributed by atoms with Crippen LogP contribution in [0.1, 0.15) is 29.9 Å². The van der Waals surface area contributed by atoms with E-state index in [1.807, 2.05) is 18.3 Å². The first-order valence-corrected chi connectivity index (χ1v) is 8.73. The zero-order valence-electron chi connectivity index (χ0n) is 14.5. The van der Waals surface area contributed by atoms with Crippen LogP contribution in [0.15, 0.2) is 42.7 Å². The summed E-state index contributed by atoms with van der Waals surface area (Å²) in [5.74, 6) is 0. The summed E-state index contributed by atoms with van der Waals surface area (Å²) in [7, 11) is 6.29. The van der Waals surface area contributed by atoms with Crippen LogP contribution in [-0.2, 0) is 7.05 Å². The molecule has 1 aliphatic heterocycles. The zero-order valence-corrected chi connectivity index (χ0v) is 15.3. The highest BCUT2D eigenvalue weighted by atomic mass is 32.1. The lowest BCUT2D eigenvalue weighted by molar-refractivity contribution is 0.285. The standard InChI is InChI=1S/C18H25N5S/c1-21(2)11-7-13-23-17(15-9-6-12-22(15)3)16(20-18(23)24)14-8-4-5-10-19-14/h4-6,8-10,12,16-17H,7,11,13H2,1-3H3,(H,20,24). The molecule has 1 aliphatic rings. The Kier molecular flexibility index (Phi) is 5.16. The fourth-order valence-corrected chi connectivity index (χ4v) is 3.64. The summed E-state index contributed by atoms with van der Waals surface area (Å²) < 4.78 is 2.18. The summed E-state index contributed by atoms with van der Waals surface area (Å²) in [6.45, 7) is 1.98. The number of thiocarbonyl (C=S) groups is 1. The zero-order chi connectivity index (χ0) is 17.1. The Morgan fingerprint density at radius 3 is 2.71 bits per heavy atom. The average molecular weight is 344 g/mol. The molecule has 3 heterocycles. The van der Waals surface area contributed by atoms with Gasteiger partial charge in [-0.3, -0.25) is 4.98 Å². The van der Waals surface area contributed by atoms with Gasteiger partial charge in [-0.05, 0) is 63.5 Å². The molecule has 1 N–H and O–H groups in total. The largest absolute Gasteiger partial charge is 0.353 e. The lowest BCUT2D eigenvalue weighted by atomic mass is 10.0. The SMILES string of the molecule is CN(C)CCCN1C(=S)NC(c2ccccn2)C1c1cccn1C. The minimum Gasteiger partial charge on any atom is -0.353 e. The topological polar surface area (TPSA) is 36.3 Å². The maximum absolute atomic E-state index is 5.66. The molecule has 0 saturated carbocycles. The maximum Gasteiger partial charge on any atom is 0.170 e. The second-order valence-electron chi connectivity index (χ2n) is 6.52. The van der Waals surface area contributed by atoms with E-state index >= 15 is 0 Å². The van der Waals surface area contributed by atoms with E-state index in [4.69, 9.17) is 12.2 Å². The molecule has 0 spiro atoms. The maximum atomic E-state index is 5.66. The van der Waals surface area contributed by atoms with Crippen LogP contribution in [0.5, 0.6) is 0 Å². The first kappa shape index (κ1) is 16.9. The van der Waals surface area contributed by atoms with E-state index in [0.717, 1.165) is 30.3 Å². The summed E-state index contributed by atoms with van der Waals surface area (Å²) >= 11 is 5.66. The van der Waals surface area contributed by atoms with Gasteiger partial charge in [0.15, 0.2) is 5.11 Å². The van der Waals surface area contributed by atoms with Crippen molar-refractivity contribution in [1.29, 1.82) is 0 Å². The summed E-state index contributed by atoms with van der Waals surface area (Å²) in [5.41, 5.74) is 2.28. The van der Waals surface area contributed by atoms with Crippen molar-refractivity contribution in [2.45, 2.75) is 18.5 Å². The summed E-state index contributed by atoms with van der Waals surface area (Å²) in [4.78, 5) is 9.08. The Labute approximate surface area is 149 Å². The second kappa shape index (κ2) is 7.32. The highest BCUT2D eigenvalue weighted by molar-refractivity contribution is 7.80. The van der Waals surface area contributed by atoms with Crippen molar-refractivity contribution in [2.75, 3.05) is 27.2 Å². The van der Waals surface area contributed by atoms with Crippen LogP contribution >= 0.6 is 12.2 Å². The Morgan fingerprint density at radius 1 is 1.25 bits per heavy atom. The first-order chi connectivity index (χ1) is 11.6. The number of hydrogen-bond acceptors (Lipinski definition) is 3. The number of aromatic nitrogens is 2. The van der Waals surface area contributed by atoms with E-state index in [1.165, 1.54) is 5.69 Å². The van der Waals surface area contributed by atoms with Crippen molar-refractivity contribution in [3.8, 4) is 0 Å². The third-order valence-electron chi connectivity index (χ3n) is 4.49. The van der Waals surface area contributed by atoms with Gasteiger partial charge < -0.3 is 19.7 Å². The normalized spacial score (nSPS) is 20.7. The third kappa shape index (κ3) is 3.44. The Bertz CT molecular complexity index is 682. The number of nitrogens with one attached hydrogen (secondary N) is 1. The highest BCUT2D eigenvalue weighted by Crippen LogP contribution is 2.38. The predicted molar refractivity (Wildman–Crippen MR) is 101 cm³/mol. The monoisotopic (exact) mass is 343 g/mol. The van der Waals surface area contributed by atoms with E-state index in [-0.39, 0.29) is 12.1 Å². The lowest BCUT2D eigenvalue weighted by Gasteiger charge is -2.28. The van der Waals surface area contributed by atoms with Crippen LogP contribution in [0, 0.1) is 0 Å². The highest BCUT2D eigenvalue weighted by Gasteiger charge is 2.40. The van der Waals surface area contributed by atoms with E-state index in [9.17, 15) is 0 Å². The van der Waals surface area contributed by atoms with Crippen LogP contribution in [0.2, 0.25) is 0 Å². The molecule has 0 aliphatic carbocycles. The molecule has 3 rings (SSSR count). The molecule has 0 aromatic carbocycles. The quantitative estimate of drug-likeness (QED) is 0.815. The number of pyridine rings is 1. The number of aryl methyl sites for hydroxylation is 1. The molecular weight excluding hydrogens is 318 g/mol. The minimum atomic E-state index is 0.0756. The molecule has 2 aromatic rings. The first-order valence-electron chi connectivity index (χ1n) is 8.32. The van der Waals surface area contributed by atoms with Gasteiger partial charge in [0, 0.05) is 31.7 Å². The molecule has 1 fully saturated rings. The van der Waals surface area contributed by atoms with Gasteiger partial charge in [-0.1, -0.05) is 6.07 Å². The van der Waals surface area contributed by atoms with Crippen molar-refractivity contribution in [2.24, 2.45) is 7.05 Å². The molecule has 2 atom stereocenters. The fourth-order valence-electron chi connectivity index (χ4n) is 3.31. The lowest BCUT2D eigenvalue weighted by Crippen LogP contribution is -2.32. The van der Waals surface area contributed by atoms with Crippen LogP contribution in [-0.4, -0.2) is 51.6 Å². The van der Waals surface area contributed by atoms with Gasteiger partial charge in [0.2, 0.25) is 0 Å². The van der Waals surface area contributed by atoms with Crippen molar-refractivity contribution in [1.82, 2.24) is 24.7 Å². The molecule has 5 nitrogen and oxygen atoms in total. The smallest absolute Gasteiger partial charge is 0.170 e. The van der Waals surface area contributed by atoms with Crippen molar-refractivity contribution in [3.05, 3.63) is 54.1 Å². The Hall–Kier alpha value is -1.92. The van der Waals surface area contributed by atoms with Gasteiger partial charge >= 0.3 is 0 Å². The van der Waals surface area contributed by atoms with Gasteiger partial charge in [0.1, 0.15) is 0 Å². The van der Waals surface area contributed by atoms with Gasteiger partial charge in [-0.2, -0.15) is 0 Å². The number of rotatable bonds is 6. The molecule has 0 amide bonds. The summed E-state index contributed by atoms with van der Waals surface area (Å²) in [5, 5.41) is 4.31. The molecule has 1 saturated heterocycles. The van der Waals surface area contributed by atoms with Crippen LogP contribution in [0.25, 0.3) is 0 Å². The van der Waals surface area contributed by atoms with Crippen molar-refractivity contribution in [3.63, 3.8) is 0 Å². The Morgan fingerprint density at radius 2 is 2.08 bits per heavy atom. The van der Waals surface area contributed by atoms with E-state index in [2.05, 4.69) is 70.2 Å². The molecule has 2 aromatic heterocycles. The molecule has 2 unspecified atom stereocenters. The van der Waals surface area contributed by atoms with Gasteiger partial charge in [-0.15, -0.1) is 0 Å². The molecule has 24 heavy (non-hydrogen) atoms. The third-order valence-corrected chi connectivity index (χ3v) is 4.84. The predicted octanol–water partition coefficient (Wildman–Crippen LogP) is 2.34. The van der Waals surface area contributed by atoms with E-state index in [1.54, 1.807) is 0 Å². The summed E-state index contributed by atoms with van der Waals surface area (Å²) in [6, 6.07) is 10.5. The summed E-state index contributed by atoms with van der Waals surface area (Å²) in [6.07, 6.45) is 5.01. The van der Waals surface area contributed by atoms with E-state index < -0.39 is 0 Å². The van der Waals surface area contributed by atoms with Gasteiger partial charge in [0.05, 0.1) is 17.8 Å². The molecule has 128 valence electrons. The van der Waals surface area contributed by atoms with Crippen molar-refractivity contribution < 1.29 is 0 Å². The van der Waals surface area contributed by atoms with Gasteiger partial charge in [0.25, 0.3) is 0 Å². The Balaban J connectivity index is 1.90.